The molecule has 3 rings (SSSR count). The molecule has 2 heteroatoms. The van der Waals surface area contributed by atoms with E-state index in [1.807, 2.05) is 72.8 Å². The van der Waals surface area contributed by atoms with Crippen molar-refractivity contribution >= 4 is 5.70 Å². The van der Waals surface area contributed by atoms with Gasteiger partial charge < -0.3 is 11.5 Å². The Morgan fingerprint density at radius 1 is 0.739 bits per heavy atom. The number of nitrogens with two attached hydrogens (primary N) is 2. The largest absolute Gasteiger partial charge is 0.398 e. The minimum absolute atomic E-state index is 0.222. The summed E-state index contributed by atoms with van der Waals surface area (Å²) in [4.78, 5) is 0. The van der Waals surface area contributed by atoms with Crippen molar-refractivity contribution < 1.29 is 0 Å². The Labute approximate surface area is 137 Å². The maximum atomic E-state index is 6.35. The summed E-state index contributed by atoms with van der Waals surface area (Å²) in [5.74, 6) is 0. The Morgan fingerprint density at radius 3 is 2.00 bits per heavy atom. The van der Waals surface area contributed by atoms with Crippen LogP contribution in [0.15, 0.2) is 91.0 Å². The minimum Gasteiger partial charge on any atom is -0.398 e. The molecule has 1 atom stereocenters. The van der Waals surface area contributed by atoms with Crippen molar-refractivity contribution in [2.45, 2.75) is 6.04 Å². The molecule has 23 heavy (non-hydrogen) atoms. The summed E-state index contributed by atoms with van der Waals surface area (Å²) in [6.07, 6.45) is 1.91. The van der Waals surface area contributed by atoms with E-state index >= 15 is 0 Å². The van der Waals surface area contributed by atoms with Gasteiger partial charge in [0.15, 0.2) is 0 Å². The molecule has 1 unspecified atom stereocenters. The lowest BCUT2D eigenvalue weighted by Crippen LogP contribution is -2.10. The van der Waals surface area contributed by atoms with Crippen LogP contribution in [0.5, 0.6) is 0 Å². The van der Waals surface area contributed by atoms with E-state index in [1.54, 1.807) is 0 Å². The van der Waals surface area contributed by atoms with Gasteiger partial charge in [0.25, 0.3) is 0 Å². The van der Waals surface area contributed by atoms with Gasteiger partial charge in [-0.15, -0.1) is 0 Å². The fourth-order valence-electron chi connectivity index (χ4n) is 2.66. The van der Waals surface area contributed by atoms with E-state index in [4.69, 9.17) is 11.5 Å². The Balaban J connectivity index is 1.97. The maximum absolute atomic E-state index is 6.35. The zero-order valence-electron chi connectivity index (χ0n) is 12.9. The molecule has 2 nitrogen and oxygen atoms in total. The van der Waals surface area contributed by atoms with Gasteiger partial charge >= 0.3 is 0 Å². The van der Waals surface area contributed by atoms with Crippen molar-refractivity contribution in [2.24, 2.45) is 11.5 Å². The molecule has 0 heterocycles. The van der Waals surface area contributed by atoms with E-state index in [1.165, 1.54) is 0 Å². The third-order valence-electron chi connectivity index (χ3n) is 3.87. The van der Waals surface area contributed by atoms with Crippen molar-refractivity contribution in [3.05, 3.63) is 102 Å². The number of hydrogen-bond donors (Lipinski definition) is 2. The van der Waals surface area contributed by atoms with Gasteiger partial charge in [0, 0.05) is 11.3 Å². The minimum atomic E-state index is -0.222. The summed E-state index contributed by atoms with van der Waals surface area (Å²) in [6.45, 7) is 0. The normalized spacial score (nSPS) is 12.8. The third kappa shape index (κ3) is 3.50. The molecule has 0 aliphatic heterocycles. The van der Waals surface area contributed by atoms with Crippen LogP contribution in [0.3, 0.4) is 0 Å². The second-order valence-corrected chi connectivity index (χ2v) is 5.47. The van der Waals surface area contributed by atoms with Gasteiger partial charge in [0.2, 0.25) is 0 Å². The Hall–Kier alpha value is -2.84. The van der Waals surface area contributed by atoms with Crippen LogP contribution in [0.2, 0.25) is 0 Å². The van der Waals surface area contributed by atoms with E-state index in [0.29, 0.717) is 5.70 Å². The fraction of sp³-hybridized carbons (Fsp3) is 0.0476. The number of benzene rings is 3. The first-order chi connectivity index (χ1) is 11.3. The second-order valence-electron chi connectivity index (χ2n) is 5.47. The van der Waals surface area contributed by atoms with Gasteiger partial charge in [-0.3, -0.25) is 0 Å². The van der Waals surface area contributed by atoms with E-state index in [2.05, 4.69) is 18.2 Å². The van der Waals surface area contributed by atoms with Crippen LogP contribution in [0.4, 0.5) is 0 Å². The molecule has 0 bridgehead atoms. The van der Waals surface area contributed by atoms with Gasteiger partial charge in [-0.2, -0.15) is 0 Å². The maximum Gasteiger partial charge on any atom is 0.0504 e. The molecule has 4 N–H and O–H groups in total. The summed E-state index contributed by atoms with van der Waals surface area (Å²) in [7, 11) is 0. The zero-order chi connectivity index (χ0) is 16.1. The van der Waals surface area contributed by atoms with Gasteiger partial charge in [-0.25, -0.2) is 0 Å². The van der Waals surface area contributed by atoms with Crippen molar-refractivity contribution in [2.75, 3.05) is 0 Å². The van der Waals surface area contributed by atoms with Crippen LogP contribution in [-0.2, 0) is 0 Å². The Morgan fingerprint density at radius 2 is 1.30 bits per heavy atom. The lowest BCUT2D eigenvalue weighted by molar-refractivity contribution is 0.911. The van der Waals surface area contributed by atoms with Crippen LogP contribution < -0.4 is 11.5 Å². The molecule has 0 aliphatic rings. The molecule has 0 saturated heterocycles. The first-order valence-corrected chi connectivity index (χ1v) is 7.68. The van der Waals surface area contributed by atoms with Crippen LogP contribution in [0.25, 0.3) is 16.8 Å². The highest BCUT2D eigenvalue weighted by atomic mass is 14.6. The predicted octanol–water partition coefficient (Wildman–Crippen LogP) is 4.35. The summed E-state index contributed by atoms with van der Waals surface area (Å²) in [5, 5.41) is 0. The molecule has 0 radical (unpaired) electrons. The second kappa shape index (κ2) is 6.95. The SMILES string of the molecule is N/C(=C\C(N)c1ccccc1)c1ccccc1-c1ccccc1. The highest BCUT2D eigenvalue weighted by Gasteiger charge is 2.09. The standard InChI is InChI=1S/C21H20N2/c22-20(17-11-5-2-6-12-17)15-21(23)19-14-8-7-13-18(19)16-9-3-1-4-10-16/h1-15,20H,22-23H2/b21-15-. The Kier molecular flexibility index (Phi) is 4.55. The smallest absolute Gasteiger partial charge is 0.0504 e. The first kappa shape index (κ1) is 15.1. The first-order valence-electron chi connectivity index (χ1n) is 7.68. The summed E-state index contributed by atoms with van der Waals surface area (Å²) in [6, 6.07) is 28.1. The number of hydrogen-bond acceptors (Lipinski definition) is 2. The van der Waals surface area contributed by atoms with Crippen LogP contribution in [-0.4, -0.2) is 0 Å². The molecule has 3 aromatic carbocycles. The predicted molar refractivity (Wildman–Crippen MR) is 97.4 cm³/mol. The van der Waals surface area contributed by atoms with E-state index < -0.39 is 0 Å². The molecule has 0 spiro atoms. The topological polar surface area (TPSA) is 52.0 Å². The van der Waals surface area contributed by atoms with E-state index in [9.17, 15) is 0 Å². The van der Waals surface area contributed by atoms with Crippen molar-refractivity contribution in [3.63, 3.8) is 0 Å². The van der Waals surface area contributed by atoms with Crippen molar-refractivity contribution in [1.82, 2.24) is 0 Å². The molecule has 114 valence electrons. The average molecular weight is 300 g/mol. The molecule has 0 amide bonds. The highest BCUT2D eigenvalue weighted by molar-refractivity contribution is 5.80. The van der Waals surface area contributed by atoms with Crippen molar-refractivity contribution in [3.8, 4) is 11.1 Å². The fourth-order valence-corrected chi connectivity index (χ4v) is 2.66. The summed E-state index contributed by atoms with van der Waals surface area (Å²) >= 11 is 0. The highest BCUT2D eigenvalue weighted by Crippen LogP contribution is 2.27. The van der Waals surface area contributed by atoms with Gasteiger partial charge in [0.1, 0.15) is 0 Å². The monoisotopic (exact) mass is 300 g/mol. The van der Waals surface area contributed by atoms with Crippen LogP contribution in [0.1, 0.15) is 17.2 Å². The third-order valence-corrected chi connectivity index (χ3v) is 3.87. The Bertz CT molecular complexity index is 792. The van der Waals surface area contributed by atoms with E-state index in [0.717, 1.165) is 22.3 Å². The van der Waals surface area contributed by atoms with Gasteiger partial charge in [-0.05, 0) is 22.8 Å². The number of rotatable bonds is 4. The average Bonchev–Trinajstić information content (AvgIpc) is 2.63. The van der Waals surface area contributed by atoms with Crippen LogP contribution in [0, 0.1) is 0 Å². The summed E-state index contributed by atoms with van der Waals surface area (Å²) < 4.78 is 0. The molecule has 3 aromatic rings. The molecular formula is C21H20N2. The lowest BCUT2D eigenvalue weighted by atomic mass is 9.96. The van der Waals surface area contributed by atoms with Gasteiger partial charge in [-0.1, -0.05) is 84.9 Å². The quantitative estimate of drug-likeness (QED) is 0.752. The van der Waals surface area contributed by atoms with Gasteiger partial charge in [0.05, 0.1) is 6.04 Å². The van der Waals surface area contributed by atoms with E-state index in [-0.39, 0.29) is 6.04 Å². The molecule has 0 aromatic heterocycles. The van der Waals surface area contributed by atoms with Crippen molar-refractivity contribution in [1.29, 1.82) is 0 Å². The molecular weight excluding hydrogens is 280 g/mol. The summed E-state index contributed by atoms with van der Waals surface area (Å²) in [5.41, 5.74) is 17.6. The van der Waals surface area contributed by atoms with Crippen LogP contribution >= 0.6 is 0 Å². The zero-order valence-corrected chi connectivity index (χ0v) is 12.9. The molecule has 0 fully saturated rings. The molecule has 0 saturated carbocycles. The molecule has 0 aliphatic carbocycles. The lowest BCUT2D eigenvalue weighted by Gasteiger charge is -2.13.